The maximum absolute atomic E-state index is 6.10. The average molecular weight is 437 g/mol. The van der Waals surface area contributed by atoms with Gasteiger partial charge in [0.15, 0.2) is 0 Å². The van der Waals surface area contributed by atoms with Crippen LogP contribution in [-0.4, -0.2) is 38.6 Å². The minimum absolute atomic E-state index is 0.294. The topological polar surface area (TPSA) is 43.5 Å². The molecule has 2 heterocycles. The van der Waals surface area contributed by atoms with Gasteiger partial charge < -0.3 is 18.9 Å². The number of ether oxygens (including phenoxy) is 4. The van der Waals surface area contributed by atoms with E-state index in [4.69, 9.17) is 18.9 Å². The molecule has 3 atom stereocenters. The highest BCUT2D eigenvalue weighted by atomic mass is 16.6. The Bertz CT molecular complexity index is 877. The smallest absolute Gasteiger partial charge is 0.122 e. The van der Waals surface area contributed by atoms with Crippen LogP contribution in [0.1, 0.15) is 80.4 Å². The molecule has 3 aliphatic rings. The summed E-state index contributed by atoms with van der Waals surface area (Å²) >= 11 is 0. The third-order valence-corrected chi connectivity index (χ3v) is 7.39. The molecule has 4 heteroatoms. The van der Waals surface area contributed by atoms with Gasteiger partial charge in [-0.15, -0.1) is 0 Å². The Morgan fingerprint density at radius 3 is 1.97 bits per heavy atom. The van der Waals surface area contributed by atoms with E-state index in [1.165, 1.54) is 42.4 Å². The molecule has 0 radical (unpaired) electrons. The lowest BCUT2D eigenvalue weighted by atomic mass is 9.75. The molecule has 0 bridgehead atoms. The molecule has 3 unspecified atom stereocenters. The van der Waals surface area contributed by atoms with Crippen molar-refractivity contribution >= 4 is 0 Å². The van der Waals surface area contributed by atoms with E-state index in [1.54, 1.807) is 0 Å². The fourth-order valence-electron chi connectivity index (χ4n) is 4.85. The van der Waals surface area contributed by atoms with Gasteiger partial charge in [0.05, 0.1) is 13.2 Å². The minimum atomic E-state index is 0.294. The van der Waals surface area contributed by atoms with Gasteiger partial charge in [0.2, 0.25) is 0 Å². The van der Waals surface area contributed by atoms with Crippen molar-refractivity contribution in [1.29, 1.82) is 0 Å². The summed E-state index contributed by atoms with van der Waals surface area (Å²) < 4.78 is 22.4. The van der Waals surface area contributed by atoms with Gasteiger partial charge in [-0.1, -0.05) is 38.1 Å². The molecule has 0 spiro atoms. The molecular weight excluding hydrogens is 400 g/mol. The number of epoxide rings is 2. The Hall–Kier alpha value is -2.04. The summed E-state index contributed by atoms with van der Waals surface area (Å²) in [5.41, 5.74) is 4.30. The molecule has 172 valence electrons. The van der Waals surface area contributed by atoms with E-state index in [0.717, 1.165) is 31.1 Å². The van der Waals surface area contributed by atoms with Gasteiger partial charge in [0, 0.05) is 0 Å². The molecule has 1 aliphatic carbocycles. The minimum Gasteiger partial charge on any atom is -0.491 e. The van der Waals surface area contributed by atoms with E-state index in [-0.39, 0.29) is 0 Å². The van der Waals surface area contributed by atoms with Crippen LogP contribution in [0.4, 0.5) is 0 Å². The molecule has 5 rings (SSSR count). The van der Waals surface area contributed by atoms with Crippen LogP contribution in [0.3, 0.4) is 0 Å². The lowest BCUT2D eigenvalue weighted by molar-refractivity contribution is 0.260. The van der Waals surface area contributed by atoms with Crippen LogP contribution in [0.5, 0.6) is 11.5 Å². The molecule has 0 amide bonds. The third-order valence-electron chi connectivity index (χ3n) is 7.39. The fourth-order valence-corrected chi connectivity index (χ4v) is 4.85. The van der Waals surface area contributed by atoms with E-state index in [0.29, 0.717) is 43.2 Å². The second kappa shape index (κ2) is 9.84. The molecule has 2 aromatic rings. The first-order chi connectivity index (χ1) is 15.7. The van der Waals surface area contributed by atoms with Crippen LogP contribution in [0.2, 0.25) is 0 Å². The maximum Gasteiger partial charge on any atom is 0.122 e. The Labute approximate surface area is 192 Å². The SMILES string of the molecule is CCC(C)c1cc(C2CCC(c3ccc(OCC4CO4)cc3)CC2)ccc1OCC1CO1. The number of benzene rings is 2. The zero-order valence-corrected chi connectivity index (χ0v) is 19.4. The van der Waals surface area contributed by atoms with Crippen molar-refractivity contribution in [3.63, 3.8) is 0 Å². The standard InChI is InChI=1S/C28H36O4/c1-3-19(2)27-14-23(10-13-28(27)32-18-26-17-31-26)22-6-4-20(5-7-22)21-8-11-24(12-9-21)29-15-25-16-30-25/h8-14,19-20,22,25-26H,3-7,15-18H2,1-2H3. The van der Waals surface area contributed by atoms with Crippen molar-refractivity contribution in [2.75, 3.05) is 26.4 Å². The van der Waals surface area contributed by atoms with Gasteiger partial charge in [-0.2, -0.15) is 0 Å². The van der Waals surface area contributed by atoms with Gasteiger partial charge in [-0.3, -0.25) is 0 Å². The van der Waals surface area contributed by atoms with Crippen molar-refractivity contribution in [2.45, 2.75) is 75.9 Å². The second-order valence-corrected chi connectivity index (χ2v) is 9.76. The highest BCUT2D eigenvalue weighted by Crippen LogP contribution is 2.42. The number of hydrogen-bond donors (Lipinski definition) is 0. The zero-order valence-electron chi connectivity index (χ0n) is 19.4. The summed E-state index contributed by atoms with van der Waals surface area (Å²) in [6.45, 7) is 7.58. The molecule has 3 fully saturated rings. The van der Waals surface area contributed by atoms with Crippen LogP contribution in [-0.2, 0) is 9.47 Å². The number of hydrogen-bond acceptors (Lipinski definition) is 4. The first-order valence-corrected chi connectivity index (χ1v) is 12.4. The van der Waals surface area contributed by atoms with Crippen molar-refractivity contribution in [3.05, 3.63) is 59.2 Å². The summed E-state index contributed by atoms with van der Waals surface area (Å²) in [5.74, 6) is 3.81. The van der Waals surface area contributed by atoms with Crippen LogP contribution in [0.25, 0.3) is 0 Å². The molecule has 4 nitrogen and oxygen atoms in total. The molecule has 0 N–H and O–H groups in total. The Morgan fingerprint density at radius 1 is 0.812 bits per heavy atom. The third kappa shape index (κ3) is 5.47. The van der Waals surface area contributed by atoms with E-state index in [1.807, 2.05) is 0 Å². The van der Waals surface area contributed by atoms with Crippen LogP contribution >= 0.6 is 0 Å². The predicted molar refractivity (Wildman–Crippen MR) is 126 cm³/mol. The summed E-state index contributed by atoms with van der Waals surface area (Å²) in [7, 11) is 0. The highest BCUT2D eigenvalue weighted by Gasteiger charge is 2.27. The van der Waals surface area contributed by atoms with Crippen molar-refractivity contribution in [3.8, 4) is 11.5 Å². The molecule has 2 aromatic carbocycles. The summed E-state index contributed by atoms with van der Waals surface area (Å²) in [6.07, 6.45) is 6.71. The zero-order chi connectivity index (χ0) is 21.9. The Kier molecular flexibility index (Phi) is 6.70. The lowest BCUT2D eigenvalue weighted by Crippen LogP contribution is -2.13. The summed E-state index contributed by atoms with van der Waals surface area (Å²) in [5, 5.41) is 0. The highest BCUT2D eigenvalue weighted by molar-refractivity contribution is 5.41. The van der Waals surface area contributed by atoms with Crippen LogP contribution in [0, 0.1) is 0 Å². The van der Waals surface area contributed by atoms with E-state index < -0.39 is 0 Å². The predicted octanol–water partition coefficient (Wildman–Crippen LogP) is 6.20. The van der Waals surface area contributed by atoms with Crippen LogP contribution < -0.4 is 9.47 Å². The van der Waals surface area contributed by atoms with Gasteiger partial charge in [-0.05, 0) is 84.7 Å². The Balaban J connectivity index is 1.19. The number of rotatable bonds is 10. The molecule has 32 heavy (non-hydrogen) atoms. The van der Waals surface area contributed by atoms with E-state index in [9.17, 15) is 0 Å². The molecule has 2 saturated heterocycles. The van der Waals surface area contributed by atoms with Crippen molar-refractivity contribution in [1.82, 2.24) is 0 Å². The molecule has 2 aliphatic heterocycles. The van der Waals surface area contributed by atoms with Gasteiger partial charge in [0.1, 0.15) is 36.9 Å². The maximum atomic E-state index is 6.10. The largest absolute Gasteiger partial charge is 0.491 e. The monoisotopic (exact) mass is 436 g/mol. The average Bonchev–Trinajstić information content (AvgIpc) is 3.77. The summed E-state index contributed by atoms with van der Waals surface area (Å²) in [4.78, 5) is 0. The molecule has 0 aromatic heterocycles. The first kappa shape index (κ1) is 21.8. The quantitative estimate of drug-likeness (QED) is 0.416. The van der Waals surface area contributed by atoms with Crippen molar-refractivity contribution in [2.24, 2.45) is 0 Å². The van der Waals surface area contributed by atoms with Crippen LogP contribution in [0.15, 0.2) is 42.5 Å². The summed E-state index contributed by atoms with van der Waals surface area (Å²) in [6, 6.07) is 15.7. The van der Waals surface area contributed by atoms with Crippen molar-refractivity contribution < 1.29 is 18.9 Å². The molecular formula is C28H36O4. The van der Waals surface area contributed by atoms with Gasteiger partial charge in [0.25, 0.3) is 0 Å². The lowest BCUT2D eigenvalue weighted by Gasteiger charge is -2.30. The van der Waals surface area contributed by atoms with E-state index >= 15 is 0 Å². The first-order valence-electron chi connectivity index (χ1n) is 12.4. The second-order valence-electron chi connectivity index (χ2n) is 9.76. The van der Waals surface area contributed by atoms with Gasteiger partial charge >= 0.3 is 0 Å². The molecule has 1 saturated carbocycles. The van der Waals surface area contributed by atoms with Gasteiger partial charge in [-0.25, -0.2) is 0 Å². The fraction of sp³-hybridized carbons (Fsp3) is 0.571. The van der Waals surface area contributed by atoms with E-state index in [2.05, 4.69) is 56.3 Å². The Morgan fingerprint density at radius 2 is 1.38 bits per heavy atom. The normalized spacial score (nSPS) is 27.6.